The van der Waals surface area contributed by atoms with E-state index in [-0.39, 0.29) is 30.0 Å². The fraction of sp³-hybridized carbons (Fsp3) is 0.367. The number of aryl methyl sites for hydroxylation is 3. The van der Waals surface area contributed by atoms with E-state index in [0.717, 1.165) is 28.0 Å². The molecule has 0 radical (unpaired) electrons. The van der Waals surface area contributed by atoms with E-state index >= 15 is 0 Å². The first kappa shape index (κ1) is 27.5. The Morgan fingerprint density at radius 1 is 1.00 bits per heavy atom. The van der Waals surface area contributed by atoms with Gasteiger partial charge in [0.15, 0.2) is 6.10 Å². The van der Waals surface area contributed by atoms with E-state index in [4.69, 9.17) is 9.47 Å². The summed E-state index contributed by atoms with van der Waals surface area (Å²) in [6.07, 6.45) is -1.01. The van der Waals surface area contributed by atoms with Gasteiger partial charge in [0, 0.05) is 0 Å². The molecule has 202 valence electrons. The van der Waals surface area contributed by atoms with Crippen LogP contribution < -0.4 is 19.1 Å². The Kier molecular flexibility index (Phi) is 7.74. The van der Waals surface area contributed by atoms with Gasteiger partial charge in [-0.25, -0.2) is 8.42 Å². The first-order valence-corrected chi connectivity index (χ1v) is 14.2. The van der Waals surface area contributed by atoms with Crippen molar-refractivity contribution in [3.05, 3.63) is 82.9 Å². The molecule has 1 N–H and O–H groups in total. The number of ether oxygens (including phenoxy) is 2. The number of sulfonamides is 1. The lowest BCUT2D eigenvalue weighted by Gasteiger charge is -2.36. The molecule has 0 aliphatic carbocycles. The van der Waals surface area contributed by atoms with E-state index in [1.54, 1.807) is 30.3 Å². The van der Waals surface area contributed by atoms with Crippen molar-refractivity contribution in [1.82, 2.24) is 5.32 Å². The van der Waals surface area contributed by atoms with Crippen molar-refractivity contribution in [2.45, 2.75) is 58.0 Å². The van der Waals surface area contributed by atoms with Gasteiger partial charge in [-0.05, 0) is 73.2 Å². The Bertz CT molecular complexity index is 1430. The molecule has 0 aromatic heterocycles. The minimum atomic E-state index is -3.94. The summed E-state index contributed by atoms with van der Waals surface area (Å²) in [4.78, 5) is 13.3. The second-order valence-corrected chi connectivity index (χ2v) is 12.7. The van der Waals surface area contributed by atoms with Crippen LogP contribution in [0.15, 0.2) is 65.6 Å². The maximum absolute atomic E-state index is 13.8. The van der Waals surface area contributed by atoms with Gasteiger partial charge in [-0.3, -0.25) is 9.10 Å². The van der Waals surface area contributed by atoms with Crippen LogP contribution in [0, 0.1) is 20.8 Å². The normalized spacial score (nSPS) is 15.4. The molecule has 1 amide bonds. The average molecular weight is 537 g/mol. The van der Waals surface area contributed by atoms with Crippen LogP contribution in [-0.2, 0) is 20.2 Å². The smallest absolute Gasteiger partial charge is 0.264 e. The molecule has 3 aromatic rings. The van der Waals surface area contributed by atoms with Gasteiger partial charge in [-0.2, -0.15) is 0 Å². The number of fused-ring (bicyclic) bond motifs is 1. The Morgan fingerprint density at radius 2 is 1.68 bits per heavy atom. The molecular formula is C30H36N2O5S. The minimum Gasteiger partial charge on any atom is -0.491 e. The lowest BCUT2D eigenvalue weighted by Crippen LogP contribution is -2.51. The first-order chi connectivity index (χ1) is 17.9. The summed E-state index contributed by atoms with van der Waals surface area (Å²) in [5.74, 6) is 0.725. The maximum atomic E-state index is 13.8. The van der Waals surface area contributed by atoms with Crippen LogP contribution in [-0.4, -0.2) is 40.1 Å². The SMILES string of the molecule is Cc1ccc(S(=O)(=O)N2C[C@H](C(=O)NCCOc3cc(C)ccc3C)Oc3ccc(C(C)(C)C)cc32)cc1. The summed E-state index contributed by atoms with van der Waals surface area (Å²) in [6, 6.07) is 18.2. The molecule has 0 saturated carbocycles. The van der Waals surface area contributed by atoms with Crippen molar-refractivity contribution in [2.24, 2.45) is 0 Å². The zero-order valence-corrected chi connectivity index (χ0v) is 23.7. The van der Waals surface area contributed by atoms with Crippen molar-refractivity contribution >= 4 is 21.6 Å². The number of hydrogen-bond acceptors (Lipinski definition) is 5. The van der Waals surface area contributed by atoms with Crippen molar-refractivity contribution < 1.29 is 22.7 Å². The topological polar surface area (TPSA) is 84.9 Å². The summed E-state index contributed by atoms with van der Waals surface area (Å²) >= 11 is 0. The molecule has 38 heavy (non-hydrogen) atoms. The number of carbonyl (C=O) groups excluding carboxylic acids is 1. The summed E-state index contributed by atoms with van der Waals surface area (Å²) in [6.45, 7) is 12.4. The predicted molar refractivity (Wildman–Crippen MR) is 150 cm³/mol. The summed E-state index contributed by atoms with van der Waals surface area (Å²) < 4.78 is 40.7. The highest BCUT2D eigenvalue weighted by Gasteiger charge is 2.38. The monoisotopic (exact) mass is 536 g/mol. The molecule has 1 atom stereocenters. The average Bonchev–Trinajstić information content (AvgIpc) is 2.87. The van der Waals surface area contributed by atoms with Gasteiger partial charge in [0.1, 0.15) is 18.1 Å². The molecule has 0 spiro atoms. The van der Waals surface area contributed by atoms with Gasteiger partial charge in [-0.15, -0.1) is 0 Å². The summed E-state index contributed by atoms with van der Waals surface area (Å²) in [5, 5.41) is 2.83. The molecule has 0 saturated heterocycles. The molecular weight excluding hydrogens is 500 g/mol. The van der Waals surface area contributed by atoms with Crippen molar-refractivity contribution in [3.8, 4) is 11.5 Å². The summed E-state index contributed by atoms with van der Waals surface area (Å²) in [5.41, 5.74) is 4.27. The molecule has 4 rings (SSSR count). The fourth-order valence-electron chi connectivity index (χ4n) is 4.23. The van der Waals surface area contributed by atoms with E-state index in [0.29, 0.717) is 11.4 Å². The third-order valence-corrected chi connectivity index (χ3v) is 8.39. The highest BCUT2D eigenvalue weighted by molar-refractivity contribution is 7.92. The molecule has 0 bridgehead atoms. The van der Waals surface area contributed by atoms with Crippen molar-refractivity contribution in [1.29, 1.82) is 0 Å². The number of nitrogens with zero attached hydrogens (tertiary/aromatic N) is 1. The van der Waals surface area contributed by atoms with E-state index in [9.17, 15) is 13.2 Å². The number of nitrogens with one attached hydrogen (secondary N) is 1. The van der Waals surface area contributed by atoms with Crippen molar-refractivity contribution in [3.63, 3.8) is 0 Å². The molecule has 0 fully saturated rings. The molecule has 1 aliphatic heterocycles. The van der Waals surface area contributed by atoms with E-state index in [1.807, 2.05) is 51.1 Å². The van der Waals surface area contributed by atoms with Crippen molar-refractivity contribution in [2.75, 3.05) is 24.0 Å². The molecule has 3 aromatic carbocycles. The van der Waals surface area contributed by atoms with Gasteiger partial charge >= 0.3 is 0 Å². The largest absolute Gasteiger partial charge is 0.491 e. The van der Waals surface area contributed by atoms with E-state index in [2.05, 4.69) is 26.1 Å². The molecule has 0 unspecified atom stereocenters. The molecule has 1 aliphatic rings. The highest BCUT2D eigenvalue weighted by Crippen LogP contribution is 2.40. The number of benzene rings is 3. The lowest BCUT2D eigenvalue weighted by molar-refractivity contribution is -0.127. The van der Waals surface area contributed by atoms with Gasteiger partial charge in [0.25, 0.3) is 15.9 Å². The van der Waals surface area contributed by atoms with Gasteiger partial charge in [0.2, 0.25) is 0 Å². The number of rotatable bonds is 7. The number of hydrogen-bond donors (Lipinski definition) is 1. The lowest BCUT2D eigenvalue weighted by atomic mass is 9.86. The maximum Gasteiger partial charge on any atom is 0.264 e. The quantitative estimate of drug-likeness (QED) is 0.427. The summed E-state index contributed by atoms with van der Waals surface area (Å²) in [7, 11) is -3.94. The predicted octanol–water partition coefficient (Wildman–Crippen LogP) is 5.06. The fourth-order valence-corrected chi connectivity index (χ4v) is 5.70. The zero-order chi connectivity index (χ0) is 27.7. The third kappa shape index (κ3) is 5.96. The molecule has 1 heterocycles. The van der Waals surface area contributed by atoms with Gasteiger partial charge in [-0.1, -0.05) is 56.7 Å². The number of anilines is 1. The Morgan fingerprint density at radius 3 is 2.37 bits per heavy atom. The Hall–Kier alpha value is -3.52. The van der Waals surface area contributed by atoms with E-state index in [1.165, 1.54) is 4.31 Å². The minimum absolute atomic E-state index is 0.138. The molecule has 8 heteroatoms. The Balaban J connectivity index is 1.55. The third-order valence-electron chi connectivity index (χ3n) is 6.60. The second kappa shape index (κ2) is 10.7. The Labute approximate surface area is 225 Å². The highest BCUT2D eigenvalue weighted by atomic mass is 32.2. The second-order valence-electron chi connectivity index (χ2n) is 10.8. The van der Waals surface area contributed by atoms with E-state index < -0.39 is 22.0 Å². The zero-order valence-electron chi connectivity index (χ0n) is 22.9. The standard InChI is InChI=1S/C30H36N2O5S/c1-20-8-12-24(13-9-20)38(34,35)32-19-28(37-26-14-11-23(18-25(26)32)30(4,5)6)29(33)31-15-16-36-27-17-21(2)7-10-22(27)3/h7-14,17-18,28H,15-16,19H2,1-6H3,(H,31,33)/t28-/m1/s1. The van der Waals surface area contributed by atoms with Crippen LogP contribution in [0.2, 0.25) is 0 Å². The molecule has 7 nitrogen and oxygen atoms in total. The van der Waals surface area contributed by atoms with Gasteiger partial charge in [0.05, 0.1) is 23.7 Å². The number of carbonyl (C=O) groups is 1. The van der Waals surface area contributed by atoms with Crippen LogP contribution in [0.4, 0.5) is 5.69 Å². The van der Waals surface area contributed by atoms with Crippen LogP contribution in [0.3, 0.4) is 0 Å². The van der Waals surface area contributed by atoms with Crippen LogP contribution >= 0.6 is 0 Å². The number of amides is 1. The van der Waals surface area contributed by atoms with Crippen LogP contribution in [0.25, 0.3) is 0 Å². The van der Waals surface area contributed by atoms with Crippen LogP contribution in [0.1, 0.15) is 43.0 Å². The van der Waals surface area contributed by atoms with Crippen LogP contribution in [0.5, 0.6) is 11.5 Å². The van der Waals surface area contributed by atoms with Gasteiger partial charge < -0.3 is 14.8 Å². The first-order valence-electron chi connectivity index (χ1n) is 12.7.